The zero-order valence-corrected chi connectivity index (χ0v) is 11.5. The maximum atomic E-state index is 12.3. The number of nitrogens with zero attached hydrogens (tertiary/aromatic N) is 2. The standard InChI is InChI=1S/C12H13N3O4S/c1-15(8-9-3-2-4-13-6-9)20(18,19)10-5-11(12(16)17)14-7-10/h2-7,14H,8H2,1H3,(H,16,17). The molecule has 2 heterocycles. The summed E-state index contributed by atoms with van der Waals surface area (Å²) in [4.78, 5) is 17.0. The third kappa shape index (κ3) is 2.86. The van der Waals surface area contributed by atoms with Crippen molar-refractivity contribution in [1.29, 1.82) is 0 Å². The van der Waals surface area contributed by atoms with Crippen molar-refractivity contribution in [3.05, 3.63) is 48.0 Å². The first-order valence-electron chi connectivity index (χ1n) is 5.68. The fourth-order valence-electron chi connectivity index (χ4n) is 1.66. The summed E-state index contributed by atoms with van der Waals surface area (Å²) in [7, 11) is -2.31. The molecule has 20 heavy (non-hydrogen) atoms. The van der Waals surface area contributed by atoms with E-state index in [0.717, 1.165) is 15.9 Å². The highest BCUT2D eigenvalue weighted by Gasteiger charge is 2.23. The SMILES string of the molecule is CN(Cc1cccnc1)S(=O)(=O)c1c[nH]c(C(=O)O)c1. The van der Waals surface area contributed by atoms with E-state index in [1.807, 2.05) is 0 Å². The second kappa shape index (κ2) is 5.43. The largest absolute Gasteiger partial charge is 0.477 e. The number of aromatic carboxylic acids is 1. The summed E-state index contributed by atoms with van der Waals surface area (Å²) in [6, 6.07) is 4.57. The molecule has 0 aliphatic rings. The average Bonchev–Trinajstić information content (AvgIpc) is 2.90. The molecule has 0 saturated carbocycles. The van der Waals surface area contributed by atoms with E-state index < -0.39 is 16.0 Å². The van der Waals surface area contributed by atoms with Gasteiger partial charge in [0.2, 0.25) is 10.0 Å². The van der Waals surface area contributed by atoms with Crippen molar-refractivity contribution in [2.45, 2.75) is 11.4 Å². The van der Waals surface area contributed by atoms with Gasteiger partial charge >= 0.3 is 5.97 Å². The third-order valence-corrected chi connectivity index (χ3v) is 4.50. The lowest BCUT2D eigenvalue weighted by Gasteiger charge is -2.15. The van der Waals surface area contributed by atoms with E-state index in [0.29, 0.717) is 0 Å². The summed E-state index contributed by atoms with van der Waals surface area (Å²) in [5.41, 5.74) is 0.575. The van der Waals surface area contributed by atoms with Crippen molar-refractivity contribution >= 4 is 16.0 Å². The molecule has 2 aromatic heterocycles. The molecule has 0 aliphatic carbocycles. The van der Waals surface area contributed by atoms with Crippen LogP contribution in [0.1, 0.15) is 16.1 Å². The highest BCUT2D eigenvalue weighted by atomic mass is 32.2. The summed E-state index contributed by atoms with van der Waals surface area (Å²) < 4.78 is 25.7. The lowest BCUT2D eigenvalue weighted by atomic mass is 10.3. The normalized spacial score (nSPS) is 11.7. The van der Waals surface area contributed by atoms with Gasteiger partial charge in [-0.15, -0.1) is 0 Å². The van der Waals surface area contributed by atoms with Gasteiger partial charge in [0.05, 0.1) is 0 Å². The molecule has 2 N–H and O–H groups in total. The Hall–Kier alpha value is -2.19. The number of hydrogen-bond donors (Lipinski definition) is 2. The molecule has 0 fully saturated rings. The van der Waals surface area contributed by atoms with Crippen LogP contribution < -0.4 is 0 Å². The van der Waals surface area contributed by atoms with Crippen LogP contribution in [-0.2, 0) is 16.6 Å². The number of pyridine rings is 1. The van der Waals surface area contributed by atoms with Gasteiger partial charge in [-0.1, -0.05) is 6.07 Å². The molecule has 0 bridgehead atoms. The smallest absolute Gasteiger partial charge is 0.352 e. The van der Waals surface area contributed by atoms with Crippen molar-refractivity contribution in [3.8, 4) is 0 Å². The molecular formula is C12H13N3O4S. The fourth-order valence-corrected chi connectivity index (χ4v) is 2.81. The molecule has 0 amide bonds. The number of carboxylic acids is 1. The van der Waals surface area contributed by atoms with Crippen molar-refractivity contribution < 1.29 is 18.3 Å². The van der Waals surface area contributed by atoms with Gasteiger partial charge in [-0.3, -0.25) is 4.98 Å². The zero-order valence-electron chi connectivity index (χ0n) is 10.6. The topological polar surface area (TPSA) is 103 Å². The maximum absolute atomic E-state index is 12.3. The van der Waals surface area contributed by atoms with Crippen LogP contribution in [0.25, 0.3) is 0 Å². The average molecular weight is 295 g/mol. The summed E-state index contributed by atoms with van der Waals surface area (Å²) in [5, 5.41) is 8.79. The molecule has 0 atom stereocenters. The fraction of sp³-hybridized carbons (Fsp3) is 0.167. The Morgan fingerprint density at radius 3 is 2.80 bits per heavy atom. The van der Waals surface area contributed by atoms with E-state index in [1.165, 1.54) is 13.2 Å². The molecule has 2 rings (SSSR count). The highest BCUT2D eigenvalue weighted by Crippen LogP contribution is 2.17. The van der Waals surface area contributed by atoms with Crippen LogP contribution in [0.5, 0.6) is 0 Å². The Morgan fingerprint density at radius 1 is 1.50 bits per heavy atom. The quantitative estimate of drug-likeness (QED) is 0.854. The predicted octanol–water partition coefficient (Wildman–Crippen LogP) is 0.929. The van der Waals surface area contributed by atoms with Gasteiger partial charge in [-0.05, 0) is 17.7 Å². The third-order valence-electron chi connectivity index (χ3n) is 2.72. The van der Waals surface area contributed by atoms with Gasteiger partial charge in [0, 0.05) is 32.2 Å². The van der Waals surface area contributed by atoms with Crippen LogP contribution in [0, 0.1) is 0 Å². The number of nitrogens with one attached hydrogen (secondary N) is 1. The first-order chi connectivity index (χ1) is 9.41. The second-order valence-corrected chi connectivity index (χ2v) is 6.22. The number of sulfonamides is 1. The molecule has 2 aromatic rings. The van der Waals surface area contributed by atoms with Crippen LogP contribution in [0.2, 0.25) is 0 Å². The number of carboxylic acid groups (broad SMARTS) is 1. The van der Waals surface area contributed by atoms with Gasteiger partial charge in [0.15, 0.2) is 0 Å². The first-order valence-corrected chi connectivity index (χ1v) is 7.12. The van der Waals surface area contributed by atoms with E-state index in [2.05, 4.69) is 9.97 Å². The number of rotatable bonds is 5. The lowest BCUT2D eigenvalue weighted by Crippen LogP contribution is -2.26. The number of aromatic amines is 1. The summed E-state index contributed by atoms with van der Waals surface area (Å²) in [5.74, 6) is -1.21. The molecule has 106 valence electrons. The predicted molar refractivity (Wildman–Crippen MR) is 70.6 cm³/mol. The van der Waals surface area contributed by atoms with Crippen LogP contribution >= 0.6 is 0 Å². The Balaban J connectivity index is 2.23. The molecule has 0 radical (unpaired) electrons. The molecule has 0 unspecified atom stereocenters. The summed E-state index contributed by atoms with van der Waals surface area (Å²) in [6.07, 6.45) is 4.34. The van der Waals surface area contributed by atoms with Crippen molar-refractivity contribution in [3.63, 3.8) is 0 Å². The molecule has 0 spiro atoms. The second-order valence-electron chi connectivity index (χ2n) is 4.18. The van der Waals surface area contributed by atoms with E-state index in [1.54, 1.807) is 24.5 Å². The Labute approximate surface area is 115 Å². The number of H-pyrrole nitrogens is 1. The Bertz CT molecular complexity index is 709. The minimum absolute atomic E-state index is 0.0821. The first kappa shape index (κ1) is 14.2. The molecule has 0 saturated heterocycles. The van der Waals surface area contributed by atoms with Gasteiger partial charge in [-0.2, -0.15) is 4.31 Å². The molecule has 8 heteroatoms. The number of carbonyl (C=O) groups is 1. The van der Waals surface area contributed by atoms with Crippen LogP contribution in [0.15, 0.2) is 41.7 Å². The van der Waals surface area contributed by atoms with Gasteiger partial charge < -0.3 is 10.1 Å². The minimum Gasteiger partial charge on any atom is -0.477 e. The molecule has 7 nitrogen and oxygen atoms in total. The van der Waals surface area contributed by atoms with Gasteiger partial charge in [0.25, 0.3) is 0 Å². The van der Waals surface area contributed by atoms with Gasteiger partial charge in [0.1, 0.15) is 10.6 Å². The van der Waals surface area contributed by atoms with E-state index in [-0.39, 0.29) is 17.1 Å². The Kier molecular flexibility index (Phi) is 3.86. The monoisotopic (exact) mass is 295 g/mol. The maximum Gasteiger partial charge on any atom is 0.352 e. The van der Waals surface area contributed by atoms with Crippen molar-refractivity contribution in [2.24, 2.45) is 0 Å². The minimum atomic E-state index is -3.74. The van der Waals surface area contributed by atoms with E-state index in [4.69, 9.17) is 5.11 Å². The number of aromatic nitrogens is 2. The molecule has 0 aliphatic heterocycles. The van der Waals surface area contributed by atoms with Gasteiger partial charge in [-0.25, -0.2) is 13.2 Å². The van der Waals surface area contributed by atoms with Crippen molar-refractivity contribution in [1.82, 2.24) is 14.3 Å². The number of hydrogen-bond acceptors (Lipinski definition) is 4. The van der Waals surface area contributed by atoms with E-state index in [9.17, 15) is 13.2 Å². The highest BCUT2D eigenvalue weighted by molar-refractivity contribution is 7.89. The zero-order chi connectivity index (χ0) is 14.8. The summed E-state index contributed by atoms with van der Waals surface area (Å²) >= 11 is 0. The summed E-state index contributed by atoms with van der Waals surface area (Å²) in [6.45, 7) is 0.157. The van der Waals surface area contributed by atoms with Crippen molar-refractivity contribution in [2.75, 3.05) is 7.05 Å². The molecular weight excluding hydrogens is 282 g/mol. The van der Waals surface area contributed by atoms with E-state index >= 15 is 0 Å². The molecule has 0 aromatic carbocycles. The van der Waals surface area contributed by atoms with Crippen LogP contribution in [0.3, 0.4) is 0 Å². The van der Waals surface area contributed by atoms with Crippen LogP contribution in [-0.4, -0.2) is 40.8 Å². The lowest BCUT2D eigenvalue weighted by molar-refractivity contribution is 0.0691. The van der Waals surface area contributed by atoms with Crippen LogP contribution in [0.4, 0.5) is 0 Å². The Morgan fingerprint density at radius 2 is 2.25 bits per heavy atom.